The van der Waals surface area contributed by atoms with Gasteiger partial charge in [0.15, 0.2) is 0 Å². The Labute approximate surface area is 115 Å². The maximum Gasteiger partial charge on any atom is 0.305 e. The molecule has 0 aliphatic carbocycles. The maximum atomic E-state index is 13.1. The Kier molecular flexibility index (Phi) is 4.74. The van der Waals surface area contributed by atoms with Gasteiger partial charge in [-0.1, -0.05) is 17.7 Å². The topological polar surface area (TPSA) is 49.8 Å². The van der Waals surface area contributed by atoms with E-state index in [2.05, 4.69) is 0 Å². The number of aliphatic carboxylic acids is 1. The van der Waals surface area contributed by atoms with E-state index >= 15 is 0 Å². The van der Waals surface area contributed by atoms with Crippen LogP contribution in [0.15, 0.2) is 18.2 Å². The minimum atomic E-state index is -0.849. The molecule has 1 aromatic rings. The number of benzene rings is 1. The molecule has 1 aliphatic rings. The standard InChI is InChI=1S/C13H15ClFNO3/c14-11-5-9(1-2-12(11)15)7-16-3-4-19-8-10(16)6-13(17)18/h1-2,5,10H,3-4,6-8H2,(H,17,18). The highest BCUT2D eigenvalue weighted by molar-refractivity contribution is 6.30. The number of rotatable bonds is 4. The highest BCUT2D eigenvalue weighted by Gasteiger charge is 2.25. The van der Waals surface area contributed by atoms with Crippen molar-refractivity contribution in [2.24, 2.45) is 0 Å². The molecule has 1 fully saturated rings. The normalized spacial score (nSPS) is 20.4. The third-order valence-electron chi connectivity index (χ3n) is 3.13. The Morgan fingerprint density at radius 1 is 1.58 bits per heavy atom. The van der Waals surface area contributed by atoms with E-state index in [0.29, 0.717) is 26.3 Å². The van der Waals surface area contributed by atoms with Gasteiger partial charge in [-0.3, -0.25) is 9.69 Å². The van der Waals surface area contributed by atoms with Gasteiger partial charge in [-0.15, -0.1) is 0 Å². The third-order valence-corrected chi connectivity index (χ3v) is 3.42. The van der Waals surface area contributed by atoms with Gasteiger partial charge in [-0.2, -0.15) is 0 Å². The lowest BCUT2D eigenvalue weighted by Crippen LogP contribution is -2.45. The summed E-state index contributed by atoms with van der Waals surface area (Å²) < 4.78 is 18.4. The molecule has 2 rings (SSSR count). The smallest absolute Gasteiger partial charge is 0.305 e. The van der Waals surface area contributed by atoms with Crippen LogP contribution in [0.5, 0.6) is 0 Å². The number of halogens is 2. The van der Waals surface area contributed by atoms with Crippen molar-refractivity contribution in [2.45, 2.75) is 19.0 Å². The fourth-order valence-corrected chi connectivity index (χ4v) is 2.36. The number of carboxylic acids is 1. The number of hydrogen-bond donors (Lipinski definition) is 1. The SMILES string of the molecule is O=C(O)CC1COCCN1Cc1ccc(F)c(Cl)c1. The minimum absolute atomic E-state index is 0.0366. The summed E-state index contributed by atoms with van der Waals surface area (Å²) in [6.45, 7) is 2.18. The summed E-state index contributed by atoms with van der Waals surface area (Å²) in [5.41, 5.74) is 0.865. The molecule has 19 heavy (non-hydrogen) atoms. The molecule has 0 bridgehead atoms. The molecule has 0 aromatic heterocycles. The predicted molar refractivity (Wildman–Crippen MR) is 68.7 cm³/mol. The summed E-state index contributed by atoms with van der Waals surface area (Å²) in [6.07, 6.45) is 0.0366. The van der Waals surface area contributed by atoms with Crippen LogP contribution in [-0.4, -0.2) is 41.8 Å². The van der Waals surface area contributed by atoms with Crippen LogP contribution in [0, 0.1) is 5.82 Å². The molecule has 1 aliphatic heterocycles. The summed E-state index contributed by atoms with van der Waals surface area (Å²) in [4.78, 5) is 12.8. The van der Waals surface area contributed by atoms with Gasteiger partial charge in [-0.05, 0) is 17.7 Å². The van der Waals surface area contributed by atoms with E-state index in [1.807, 2.05) is 4.90 Å². The summed E-state index contributed by atoms with van der Waals surface area (Å²) in [5, 5.41) is 8.96. The first-order valence-corrected chi connectivity index (χ1v) is 6.41. The molecule has 1 heterocycles. The van der Waals surface area contributed by atoms with E-state index in [0.717, 1.165) is 5.56 Å². The number of ether oxygens (including phenoxy) is 1. The van der Waals surface area contributed by atoms with E-state index in [4.69, 9.17) is 21.4 Å². The first-order valence-electron chi connectivity index (χ1n) is 6.04. The van der Waals surface area contributed by atoms with Crippen LogP contribution in [-0.2, 0) is 16.1 Å². The summed E-state index contributed by atoms with van der Waals surface area (Å²) >= 11 is 5.74. The van der Waals surface area contributed by atoms with Crippen molar-refractivity contribution in [3.05, 3.63) is 34.6 Å². The molecule has 4 nitrogen and oxygen atoms in total. The number of carboxylic acid groups (broad SMARTS) is 1. The Morgan fingerprint density at radius 3 is 3.05 bits per heavy atom. The van der Waals surface area contributed by atoms with Crippen LogP contribution in [0.4, 0.5) is 4.39 Å². The van der Waals surface area contributed by atoms with Crippen molar-refractivity contribution in [3.8, 4) is 0 Å². The number of nitrogens with zero attached hydrogens (tertiary/aromatic N) is 1. The van der Waals surface area contributed by atoms with E-state index < -0.39 is 11.8 Å². The summed E-state index contributed by atoms with van der Waals surface area (Å²) in [5.74, 6) is -1.30. The fraction of sp³-hybridized carbons (Fsp3) is 0.462. The molecule has 0 radical (unpaired) electrons. The molecule has 6 heteroatoms. The zero-order chi connectivity index (χ0) is 13.8. The lowest BCUT2D eigenvalue weighted by molar-refractivity contribution is -0.140. The van der Waals surface area contributed by atoms with Crippen LogP contribution in [0.3, 0.4) is 0 Å². The second-order valence-electron chi connectivity index (χ2n) is 4.55. The average molecular weight is 288 g/mol. The molecule has 1 saturated heterocycles. The third kappa shape index (κ3) is 3.89. The quantitative estimate of drug-likeness (QED) is 0.922. The van der Waals surface area contributed by atoms with E-state index in [1.54, 1.807) is 12.1 Å². The van der Waals surface area contributed by atoms with Crippen LogP contribution in [0.25, 0.3) is 0 Å². The fourth-order valence-electron chi connectivity index (χ4n) is 2.16. The molecule has 1 atom stereocenters. The molecule has 1 unspecified atom stereocenters. The predicted octanol–water partition coefficient (Wildman–Crippen LogP) is 2.15. The molecule has 1 N–H and O–H groups in total. The van der Waals surface area contributed by atoms with Gasteiger partial charge in [0.05, 0.1) is 24.7 Å². The highest BCUT2D eigenvalue weighted by Crippen LogP contribution is 2.20. The molecule has 1 aromatic carbocycles. The molecule has 0 spiro atoms. The van der Waals surface area contributed by atoms with Crippen molar-refractivity contribution in [2.75, 3.05) is 19.8 Å². The second-order valence-corrected chi connectivity index (χ2v) is 4.95. The van der Waals surface area contributed by atoms with Crippen LogP contribution < -0.4 is 0 Å². The first kappa shape index (κ1) is 14.2. The van der Waals surface area contributed by atoms with Crippen molar-refractivity contribution in [3.63, 3.8) is 0 Å². The van der Waals surface area contributed by atoms with Crippen LogP contribution in [0.1, 0.15) is 12.0 Å². The molecular weight excluding hydrogens is 273 g/mol. The first-order chi connectivity index (χ1) is 9.06. The molecule has 104 valence electrons. The van der Waals surface area contributed by atoms with E-state index in [9.17, 15) is 9.18 Å². The molecule has 0 amide bonds. The van der Waals surface area contributed by atoms with Gasteiger partial charge < -0.3 is 9.84 Å². The van der Waals surface area contributed by atoms with Crippen LogP contribution in [0.2, 0.25) is 5.02 Å². The molecule has 0 saturated carbocycles. The monoisotopic (exact) mass is 287 g/mol. The van der Waals surface area contributed by atoms with Crippen molar-refractivity contribution in [1.29, 1.82) is 0 Å². The second kappa shape index (κ2) is 6.32. The number of hydrogen-bond acceptors (Lipinski definition) is 3. The Hall–Kier alpha value is -1.17. The van der Waals surface area contributed by atoms with Crippen LogP contribution >= 0.6 is 11.6 Å². The number of morpholine rings is 1. The number of carbonyl (C=O) groups is 1. The van der Waals surface area contributed by atoms with Gasteiger partial charge in [0, 0.05) is 19.1 Å². The highest BCUT2D eigenvalue weighted by atomic mass is 35.5. The summed E-state index contributed by atoms with van der Waals surface area (Å²) in [7, 11) is 0. The van der Waals surface area contributed by atoms with E-state index in [1.165, 1.54) is 6.07 Å². The molecular formula is C13H15ClFNO3. The maximum absolute atomic E-state index is 13.1. The summed E-state index contributed by atoms with van der Waals surface area (Å²) in [6, 6.07) is 4.40. The lowest BCUT2D eigenvalue weighted by atomic mass is 10.1. The van der Waals surface area contributed by atoms with Crippen molar-refractivity contribution < 1.29 is 19.0 Å². The van der Waals surface area contributed by atoms with Gasteiger partial charge in [0.25, 0.3) is 0 Å². The zero-order valence-electron chi connectivity index (χ0n) is 10.3. The van der Waals surface area contributed by atoms with Gasteiger partial charge in [-0.25, -0.2) is 4.39 Å². The largest absolute Gasteiger partial charge is 0.481 e. The zero-order valence-corrected chi connectivity index (χ0v) is 11.1. The lowest BCUT2D eigenvalue weighted by Gasteiger charge is -2.34. The van der Waals surface area contributed by atoms with E-state index in [-0.39, 0.29) is 17.5 Å². The Balaban J connectivity index is 2.06. The average Bonchev–Trinajstić information content (AvgIpc) is 2.36. The Morgan fingerprint density at radius 2 is 2.37 bits per heavy atom. The van der Waals surface area contributed by atoms with Gasteiger partial charge in [0.2, 0.25) is 0 Å². The van der Waals surface area contributed by atoms with Crippen molar-refractivity contribution in [1.82, 2.24) is 4.90 Å². The Bertz CT molecular complexity index is 469. The van der Waals surface area contributed by atoms with Gasteiger partial charge >= 0.3 is 5.97 Å². The van der Waals surface area contributed by atoms with Crippen molar-refractivity contribution >= 4 is 17.6 Å². The van der Waals surface area contributed by atoms with Gasteiger partial charge in [0.1, 0.15) is 5.82 Å². The minimum Gasteiger partial charge on any atom is -0.481 e.